The normalized spacial score (nSPS) is 13.4. The van der Waals surface area contributed by atoms with E-state index in [1.54, 1.807) is 62.3 Å². The van der Waals surface area contributed by atoms with Crippen molar-refractivity contribution in [3.05, 3.63) is 12.1 Å². The summed E-state index contributed by atoms with van der Waals surface area (Å²) >= 11 is 0. The van der Waals surface area contributed by atoms with Gasteiger partial charge in [0.1, 0.15) is 28.9 Å². The third-order valence-electron chi connectivity index (χ3n) is 4.68. The molecule has 2 unspecified atom stereocenters. The van der Waals surface area contributed by atoms with Crippen LogP contribution in [0.4, 0.5) is 4.79 Å². The van der Waals surface area contributed by atoms with Gasteiger partial charge in [0, 0.05) is 18.6 Å². The number of nitrogens with one attached hydrogen (secondary N) is 2. The molecule has 1 heterocycles. The predicted octanol–water partition coefficient (Wildman–Crippen LogP) is 2.48. The van der Waals surface area contributed by atoms with Crippen molar-refractivity contribution in [2.24, 2.45) is 0 Å². The summed E-state index contributed by atoms with van der Waals surface area (Å²) in [4.78, 5) is 68.0. The molecule has 1 rings (SSSR count). The highest BCUT2D eigenvalue weighted by molar-refractivity contribution is 5.88. The fourth-order valence-electron chi connectivity index (χ4n) is 3.16. The Kier molecular flexibility index (Phi) is 12.0. The smallest absolute Gasteiger partial charge is 0.333 e. The first-order chi connectivity index (χ1) is 18.6. The molecule has 232 valence electrons. The maximum Gasteiger partial charge on any atom is 0.333 e. The number of hydrogen-bond donors (Lipinski definition) is 4. The van der Waals surface area contributed by atoms with E-state index in [9.17, 15) is 34.2 Å². The lowest BCUT2D eigenvalue weighted by Gasteiger charge is -2.27. The predicted molar refractivity (Wildman–Crippen MR) is 145 cm³/mol. The van der Waals surface area contributed by atoms with Gasteiger partial charge < -0.3 is 39.9 Å². The van der Waals surface area contributed by atoms with Crippen molar-refractivity contribution in [2.45, 2.75) is 117 Å². The molecule has 0 spiro atoms. The Morgan fingerprint density at radius 2 is 1.05 bits per heavy atom. The van der Waals surface area contributed by atoms with Crippen LogP contribution < -0.4 is 15.5 Å². The highest BCUT2D eigenvalue weighted by Crippen LogP contribution is 2.19. The molecule has 0 saturated carbocycles. The van der Waals surface area contributed by atoms with Gasteiger partial charge in [0.2, 0.25) is 11.8 Å². The summed E-state index contributed by atoms with van der Waals surface area (Å²) < 4.78 is 16.5. The molecule has 1 aromatic rings. The second-order valence-corrected chi connectivity index (χ2v) is 12.3. The quantitative estimate of drug-likeness (QED) is 0.220. The zero-order chi connectivity index (χ0) is 31.8. The molecule has 0 aromatic carbocycles. The van der Waals surface area contributed by atoms with Crippen molar-refractivity contribution in [3.63, 3.8) is 0 Å². The van der Waals surface area contributed by atoms with Crippen molar-refractivity contribution < 1.29 is 53.2 Å². The fraction of sp³-hybridized carbons (Fsp3) is 0.667. The molecule has 0 bridgehead atoms. The van der Waals surface area contributed by atoms with Gasteiger partial charge in [0.05, 0.1) is 6.42 Å². The van der Waals surface area contributed by atoms with Crippen molar-refractivity contribution in [3.8, 4) is 11.8 Å². The molecule has 2 amide bonds. The molecule has 0 fully saturated rings. The first-order valence-corrected chi connectivity index (χ1v) is 13.1. The zero-order valence-corrected chi connectivity index (χ0v) is 25.2. The third-order valence-corrected chi connectivity index (χ3v) is 4.68. The highest BCUT2D eigenvalue weighted by atomic mass is 16.7. The number of esters is 3. The minimum Gasteiger partial charge on any atom is -0.492 e. The van der Waals surface area contributed by atoms with Crippen LogP contribution in [0.3, 0.4) is 0 Å². The second kappa shape index (κ2) is 14.1. The van der Waals surface area contributed by atoms with Crippen LogP contribution in [0.2, 0.25) is 0 Å². The van der Waals surface area contributed by atoms with Crippen LogP contribution in [-0.4, -0.2) is 73.7 Å². The third kappa shape index (κ3) is 14.3. The Morgan fingerprint density at radius 3 is 1.41 bits per heavy atom. The van der Waals surface area contributed by atoms with Crippen LogP contribution in [0.5, 0.6) is 11.8 Å². The molecule has 0 saturated heterocycles. The summed E-state index contributed by atoms with van der Waals surface area (Å²) in [7, 11) is 0. The summed E-state index contributed by atoms with van der Waals surface area (Å²) in [6.07, 6.45) is -1.08. The monoisotopic (exact) mass is 585 g/mol. The number of aromatic hydroxyl groups is 2. The van der Waals surface area contributed by atoms with Crippen molar-refractivity contribution in [2.75, 3.05) is 0 Å². The Hall–Kier alpha value is -3.97. The summed E-state index contributed by atoms with van der Waals surface area (Å²) in [6, 6.07) is -1.40. The lowest BCUT2D eigenvalue weighted by molar-refractivity contribution is -0.159. The van der Waals surface area contributed by atoms with Crippen molar-refractivity contribution in [1.82, 2.24) is 15.4 Å². The molecule has 41 heavy (non-hydrogen) atoms. The number of carbonyl (C=O) groups excluding carboxylic acids is 5. The summed E-state index contributed by atoms with van der Waals surface area (Å²) in [5.74, 6) is -4.26. The molecule has 2 atom stereocenters. The van der Waals surface area contributed by atoms with Crippen LogP contribution in [-0.2, 0) is 33.4 Å². The first kappa shape index (κ1) is 35.1. The van der Waals surface area contributed by atoms with E-state index in [1.807, 2.05) is 0 Å². The SMILES string of the molecule is CC(C)(C)OC(=O)CCC(NC(=O)NC(CCC(=O)On1c(O)ccc1O)C(=O)OC(C)(C)C)C(=O)OC(C)(C)C. The number of ether oxygens (including phenoxy) is 3. The summed E-state index contributed by atoms with van der Waals surface area (Å²) in [6.45, 7) is 14.8. The van der Waals surface area contributed by atoms with E-state index in [0.29, 0.717) is 4.73 Å². The van der Waals surface area contributed by atoms with E-state index in [-0.39, 0.29) is 19.3 Å². The molecule has 0 aliphatic carbocycles. The number of carbonyl (C=O) groups is 5. The van der Waals surface area contributed by atoms with E-state index in [1.165, 1.54) is 0 Å². The molecule has 14 nitrogen and oxygen atoms in total. The van der Waals surface area contributed by atoms with Gasteiger partial charge in [0.15, 0.2) is 0 Å². The fourth-order valence-corrected chi connectivity index (χ4v) is 3.16. The maximum atomic E-state index is 12.9. The molecule has 0 aliphatic heterocycles. The Labute approximate surface area is 239 Å². The van der Waals surface area contributed by atoms with Gasteiger partial charge in [-0.1, -0.05) is 0 Å². The molecule has 4 N–H and O–H groups in total. The summed E-state index contributed by atoms with van der Waals surface area (Å²) in [5.41, 5.74) is -2.56. The molecular formula is C27H43N3O11. The lowest BCUT2D eigenvalue weighted by Crippen LogP contribution is -2.53. The standard InChI is InChI=1S/C27H43N3O11/c1-25(2,3)38-20(33)14-10-16(22(35)39-26(4,5)6)28-24(37)29-17(23(36)40-27(7,8)9)11-15-21(34)41-30-18(31)12-13-19(30)32/h12-13,16-17,31-32H,10-11,14-15H2,1-9H3,(H2,28,29,37). The van der Waals surface area contributed by atoms with Gasteiger partial charge in [0.25, 0.3) is 0 Å². The number of nitrogens with zero attached hydrogens (tertiary/aromatic N) is 1. The molecule has 1 aromatic heterocycles. The summed E-state index contributed by atoms with van der Waals surface area (Å²) in [5, 5.41) is 24.1. The minimum absolute atomic E-state index is 0.148. The van der Waals surface area contributed by atoms with Gasteiger partial charge in [-0.25, -0.2) is 19.2 Å². The van der Waals surface area contributed by atoms with Gasteiger partial charge in [-0.05, 0) is 75.2 Å². The highest BCUT2D eigenvalue weighted by Gasteiger charge is 2.32. The zero-order valence-electron chi connectivity index (χ0n) is 25.2. The van der Waals surface area contributed by atoms with Crippen LogP contribution in [0.25, 0.3) is 0 Å². The van der Waals surface area contributed by atoms with Crippen LogP contribution in [0, 0.1) is 0 Å². The largest absolute Gasteiger partial charge is 0.492 e. The maximum absolute atomic E-state index is 12.9. The van der Waals surface area contributed by atoms with E-state index in [4.69, 9.17) is 19.0 Å². The first-order valence-electron chi connectivity index (χ1n) is 13.1. The number of aromatic nitrogens is 1. The Bertz CT molecular complexity index is 1070. The van der Waals surface area contributed by atoms with Crippen molar-refractivity contribution >= 4 is 29.9 Å². The van der Waals surface area contributed by atoms with Crippen LogP contribution in [0.1, 0.15) is 88.0 Å². The van der Waals surface area contributed by atoms with Gasteiger partial charge in [-0.2, -0.15) is 0 Å². The average Bonchev–Trinajstić information content (AvgIpc) is 3.07. The number of hydrogen-bond acceptors (Lipinski definition) is 11. The van der Waals surface area contributed by atoms with E-state index in [0.717, 1.165) is 12.1 Å². The Balaban J connectivity index is 3.00. The average molecular weight is 586 g/mol. The van der Waals surface area contributed by atoms with E-state index < -0.39 is 77.0 Å². The number of amides is 2. The van der Waals surface area contributed by atoms with Crippen LogP contribution in [0.15, 0.2) is 12.1 Å². The van der Waals surface area contributed by atoms with E-state index in [2.05, 4.69) is 10.6 Å². The molecular weight excluding hydrogens is 542 g/mol. The van der Waals surface area contributed by atoms with Gasteiger partial charge in [-0.3, -0.25) is 4.79 Å². The minimum atomic E-state index is -1.36. The van der Waals surface area contributed by atoms with Crippen molar-refractivity contribution in [1.29, 1.82) is 0 Å². The topological polar surface area (TPSA) is 192 Å². The van der Waals surface area contributed by atoms with Gasteiger partial charge in [-0.15, -0.1) is 4.73 Å². The number of urea groups is 1. The van der Waals surface area contributed by atoms with Crippen LogP contribution >= 0.6 is 0 Å². The van der Waals surface area contributed by atoms with E-state index >= 15 is 0 Å². The molecule has 0 aliphatic rings. The molecule has 0 radical (unpaired) electrons. The van der Waals surface area contributed by atoms with Gasteiger partial charge >= 0.3 is 29.9 Å². The number of rotatable bonds is 11. The lowest BCUT2D eigenvalue weighted by atomic mass is 10.1. The molecule has 14 heteroatoms. The Morgan fingerprint density at radius 1 is 0.683 bits per heavy atom. The second-order valence-electron chi connectivity index (χ2n) is 12.3.